The van der Waals surface area contributed by atoms with Gasteiger partial charge in [-0.05, 0) is 25.8 Å². The Balaban J connectivity index is 2.24. The molecular weight excluding hydrogens is 218 g/mol. The zero-order valence-electron chi connectivity index (χ0n) is 8.76. The second-order valence-corrected chi connectivity index (χ2v) is 5.20. The highest BCUT2D eigenvalue weighted by atomic mass is 32.2. The van der Waals surface area contributed by atoms with Crippen molar-refractivity contribution in [3.05, 3.63) is 0 Å². The minimum atomic E-state index is -3.52. The molecule has 0 atom stereocenters. The van der Waals surface area contributed by atoms with Crippen molar-refractivity contribution >= 4 is 10.2 Å². The van der Waals surface area contributed by atoms with Crippen molar-refractivity contribution in [3.63, 3.8) is 0 Å². The minimum absolute atomic E-state index is 0.148. The van der Waals surface area contributed by atoms with Gasteiger partial charge in [-0.3, -0.25) is 0 Å². The molecule has 1 aliphatic rings. The molecule has 0 saturated carbocycles. The fourth-order valence-corrected chi connectivity index (χ4v) is 2.31. The Kier molecular flexibility index (Phi) is 4.94. The Morgan fingerprint density at radius 1 is 1.33 bits per heavy atom. The number of nitrogens with zero attached hydrogens (tertiary/aromatic N) is 1. The van der Waals surface area contributed by atoms with Gasteiger partial charge in [0.1, 0.15) is 0 Å². The van der Waals surface area contributed by atoms with E-state index in [4.69, 9.17) is 15.6 Å². The lowest BCUT2D eigenvalue weighted by atomic mass is 10.1. The van der Waals surface area contributed by atoms with E-state index in [1.807, 2.05) is 0 Å². The third-order valence-corrected chi connectivity index (χ3v) is 3.55. The maximum absolute atomic E-state index is 11.0. The Bertz CT molecular complexity index is 273. The van der Waals surface area contributed by atoms with Crippen molar-refractivity contribution in [3.8, 4) is 0 Å². The second kappa shape index (κ2) is 5.76. The zero-order valence-corrected chi connectivity index (χ0v) is 9.58. The van der Waals surface area contributed by atoms with Crippen LogP contribution in [0.4, 0.5) is 0 Å². The van der Waals surface area contributed by atoms with E-state index in [1.165, 1.54) is 4.31 Å². The average molecular weight is 237 g/mol. The summed E-state index contributed by atoms with van der Waals surface area (Å²) in [6.45, 7) is 2.17. The van der Waals surface area contributed by atoms with Gasteiger partial charge in [-0.2, -0.15) is 12.7 Å². The van der Waals surface area contributed by atoms with Gasteiger partial charge in [0, 0.05) is 19.7 Å². The largest absolute Gasteiger partial charge is 0.378 e. The summed E-state index contributed by atoms with van der Waals surface area (Å²) in [4.78, 5) is 0. The number of ether oxygens (including phenoxy) is 1. The quantitative estimate of drug-likeness (QED) is 0.600. The molecular formula is C8H19N3O3S. The third-order valence-electron chi connectivity index (χ3n) is 2.46. The molecule has 1 heterocycles. The van der Waals surface area contributed by atoms with Crippen molar-refractivity contribution in [1.82, 2.24) is 4.31 Å². The molecule has 6 nitrogen and oxygen atoms in total. The lowest BCUT2D eigenvalue weighted by Crippen LogP contribution is -2.44. The molecule has 15 heavy (non-hydrogen) atoms. The molecule has 1 saturated heterocycles. The van der Waals surface area contributed by atoms with Crippen LogP contribution >= 0.6 is 0 Å². The first-order chi connectivity index (χ1) is 7.04. The molecule has 0 aromatic rings. The number of nitrogens with two attached hydrogens (primary N) is 2. The van der Waals surface area contributed by atoms with Crippen LogP contribution in [0.25, 0.3) is 0 Å². The summed E-state index contributed by atoms with van der Waals surface area (Å²) >= 11 is 0. The summed E-state index contributed by atoms with van der Waals surface area (Å²) in [5.41, 5.74) is 5.34. The molecule has 1 aliphatic heterocycles. The van der Waals surface area contributed by atoms with Crippen molar-refractivity contribution in [2.45, 2.75) is 25.4 Å². The molecule has 90 valence electrons. The van der Waals surface area contributed by atoms with Gasteiger partial charge in [-0.1, -0.05) is 0 Å². The van der Waals surface area contributed by atoms with Gasteiger partial charge in [0.25, 0.3) is 10.2 Å². The van der Waals surface area contributed by atoms with E-state index >= 15 is 0 Å². The second-order valence-electron chi connectivity index (χ2n) is 3.66. The Morgan fingerprint density at radius 2 is 1.93 bits per heavy atom. The normalized spacial score (nSPS) is 20.7. The molecule has 0 unspecified atom stereocenters. The van der Waals surface area contributed by atoms with E-state index in [0.717, 1.165) is 6.42 Å². The van der Waals surface area contributed by atoms with E-state index in [9.17, 15) is 8.42 Å². The molecule has 7 heteroatoms. The summed E-state index contributed by atoms with van der Waals surface area (Å²) in [6, 6.07) is 0. The van der Waals surface area contributed by atoms with Gasteiger partial charge in [-0.25, -0.2) is 5.14 Å². The molecule has 1 fully saturated rings. The first-order valence-electron chi connectivity index (χ1n) is 5.13. The fourth-order valence-electron chi connectivity index (χ4n) is 1.59. The Labute approximate surface area is 90.7 Å². The summed E-state index contributed by atoms with van der Waals surface area (Å²) in [5.74, 6) is 0. The molecule has 0 aliphatic carbocycles. The van der Waals surface area contributed by atoms with Crippen LogP contribution in [-0.4, -0.2) is 45.1 Å². The van der Waals surface area contributed by atoms with E-state index < -0.39 is 10.2 Å². The highest BCUT2D eigenvalue weighted by Crippen LogP contribution is 2.15. The van der Waals surface area contributed by atoms with Crippen LogP contribution < -0.4 is 10.9 Å². The van der Waals surface area contributed by atoms with Crippen LogP contribution in [0.15, 0.2) is 0 Å². The highest BCUT2D eigenvalue weighted by Gasteiger charge is 2.25. The maximum Gasteiger partial charge on any atom is 0.276 e. The molecule has 4 N–H and O–H groups in total. The predicted molar refractivity (Wildman–Crippen MR) is 57.3 cm³/mol. The fraction of sp³-hybridized carbons (Fsp3) is 1.00. The smallest absolute Gasteiger partial charge is 0.276 e. The van der Waals surface area contributed by atoms with Crippen LogP contribution in [0.1, 0.15) is 19.3 Å². The number of hydrogen-bond donors (Lipinski definition) is 2. The molecule has 0 spiro atoms. The van der Waals surface area contributed by atoms with Crippen LogP contribution in [0.5, 0.6) is 0 Å². The summed E-state index contributed by atoms with van der Waals surface area (Å²) < 4.78 is 28.8. The van der Waals surface area contributed by atoms with Crippen molar-refractivity contribution in [1.29, 1.82) is 0 Å². The lowest BCUT2D eigenvalue weighted by molar-refractivity contribution is 0.0209. The topological polar surface area (TPSA) is 98.7 Å². The molecule has 0 amide bonds. The predicted octanol–water partition coefficient (Wildman–Crippen LogP) is -0.980. The van der Waals surface area contributed by atoms with Crippen molar-refractivity contribution in [2.24, 2.45) is 10.9 Å². The van der Waals surface area contributed by atoms with Gasteiger partial charge in [0.05, 0.1) is 6.10 Å². The summed E-state index contributed by atoms with van der Waals surface area (Å²) in [6.07, 6.45) is 2.41. The molecule has 1 rings (SSSR count). The molecule has 0 bridgehead atoms. The third kappa shape index (κ3) is 4.43. The van der Waals surface area contributed by atoms with E-state index in [2.05, 4.69) is 0 Å². The summed E-state index contributed by atoms with van der Waals surface area (Å²) in [5, 5.41) is 5.02. The van der Waals surface area contributed by atoms with E-state index in [-0.39, 0.29) is 6.10 Å². The van der Waals surface area contributed by atoms with Gasteiger partial charge in [0.2, 0.25) is 0 Å². The molecule has 0 radical (unpaired) electrons. The number of hydrogen-bond acceptors (Lipinski definition) is 4. The number of rotatable bonds is 5. The first kappa shape index (κ1) is 12.9. The minimum Gasteiger partial charge on any atom is -0.378 e. The van der Waals surface area contributed by atoms with Gasteiger partial charge < -0.3 is 10.5 Å². The average Bonchev–Trinajstić information content (AvgIpc) is 2.18. The SMILES string of the molecule is NCCCOC1CCN(S(N)(=O)=O)CC1. The maximum atomic E-state index is 11.0. The lowest BCUT2D eigenvalue weighted by Gasteiger charge is -2.29. The van der Waals surface area contributed by atoms with Gasteiger partial charge in [0.15, 0.2) is 0 Å². The summed E-state index contributed by atoms with van der Waals surface area (Å²) in [7, 11) is -3.52. The monoisotopic (exact) mass is 237 g/mol. The van der Waals surface area contributed by atoms with E-state index in [1.54, 1.807) is 0 Å². The van der Waals surface area contributed by atoms with Crippen molar-refractivity contribution in [2.75, 3.05) is 26.2 Å². The van der Waals surface area contributed by atoms with Crippen molar-refractivity contribution < 1.29 is 13.2 Å². The standard InChI is InChI=1S/C8H19N3O3S/c9-4-1-7-14-8-2-5-11(6-3-8)15(10,12)13/h8H,1-7,9H2,(H2,10,12,13). The highest BCUT2D eigenvalue weighted by molar-refractivity contribution is 7.86. The van der Waals surface area contributed by atoms with Crippen LogP contribution in [-0.2, 0) is 14.9 Å². The van der Waals surface area contributed by atoms with Crippen LogP contribution in [0.3, 0.4) is 0 Å². The van der Waals surface area contributed by atoms with Crippen LogP contribution in [0.2, 0.25) is 0 Å². The molecule has 0 aromatic heterocycles. The molecule has 0 aromatic carbocycles. The first-order valence-corrected chi connectivity index (χ1v) is 6.64. The van der Waals surface area contributed by atoms with E-state index in [0.29, 0.717) is 39.1 Å². The number of piperidine rings is 1. The van der Waals surface area contributed by atoms with Gasteiger partial charge >= 0.3 is 0 Å². The Hall–Kier alpha value is -0.210. The van der Waals surface area contributed by atoms with Crippen LogP contribution in [0, 0.1) is 0 Å². The van der Waals surface area contributed by atoms with Gasteiger partial charge in [-0.15, -0.1) is 0 Å². The zero-order chi connectivity index (χ0) is 11.3. The Morgan fingerprint density at radius 3 is 2.40 bits per heavy atom.